The zero-order valence-electron chi connectivity index (χ0n) is 14.1. The van der Waals surface area contributed by atoms with Crippen LogP contribution in [0.15, 0.2) is 24.3 Å². The molecule has 0 bridgehead atoms. The highest BCUT2D eigenvalue weighted by atomic mass is 35.5. The average molecular weight is 350 g/mol. The van der Waals surface area contributed by atoms with Gasteiger partial charge in [0.1, 0.15) is 0 Å². The third kappa shape index (κ3) is 4.08. The number of carbonyl (C=O) groups is 2. The summed E-state index contributed by atoms with van der Waals surface area (Å²) in [4.78, 5) is 30.4. The van der Waals surface area contributed by atoms with Crippen molar-refractivity contribution in [3.63, 3.8) is 0 Å². The monoisotopic (exact) mass is 349 g/mol. The lowest BCUT2D eigenvalue weighted by Crippen LogP contribution is -2.51. The lowest BCUT2D eigenvalue weighted by Gasteiger charge is -2.38. The molecule has 2 fully saturated rings. The van der Waals surface area contributed by atoms with Gasteiger partial charge >= 0.3 is 0 Å². The summed E-state index contributed by atoms with van der Waals surface area (Å²) in [7, 11) is 1.80. The van der Waals surface area contributed by atoms with Gasteiger partial charge in [-0.2, -0.15) is 0 Å². The minimum absolute atomic E-state index is 0.0842. The van der Waals surface area contributed by atoms with Crippen LogP contribution < -0.4 is 0 Å². The predicted molar refractivity (Wildman–Crippen MR) is 93.7 cm³/mol. The SMILES string of the molecule is CN1CC[C@H](C(=O)N2CCN(Cc3ccc(Cl)cc3)CC2)CC1=O. The Kier molecular flexibility index (Phi) is 5.41. The summed E-state index contributed by atoms with van der Waals surface area (Å²) in [6.45, 7) is 4.79. The smallest absolute Gasteiger partial charge is 0.226 e. The Morgan fingerprint density at radius 1 is 1.12 bits per heavy atom. The van der Waals surface area contributed by atoms with Crippen LogP contribution in [0.5, 0.6) is 0 Å². The molecule has 1 aromatic rings. The number of amides is 2. The summed E-state index contributed by atoms with van der Waals surface area (Å²) in [5.41, 5.74) is 1.24. The van der Waals surface area contributed by atoms with Gasteiger partial charge in [-0.25, -0.2) is 0 Å². The Morgan fingerprint density at radius 3 is 2.42 bits per heavy atom. The summed E-state index contributed by atoms with van der Waals surface area (Å²) in [6.07, 6.45) is 1.15. The molecule has 5 nitrogen and oxygen atoms in total. The standard InChI is InChI=1S/C18H24ClN3O2/c1-20-7-6-15(12-17(20)23)18(24)22-10-8-21(9-11-22)13-14-2-4-16(19)5-3-14/h2-5,15H,6-13H2,1H3/t15-/m0/s1. The maximum absolute atomic E-state index is 12.6. The third-order valence-electron chi connectivity index (χ3n) is 5.01. The van der Waals surface area contributed by atoms with Crippen LogP contribution in [0.25, 0.3) is 0 Å². The molecule has 0 N–H and O–H groups in total. The average Bonchev–Trinajstić information content (AvgIpc) is 2.59. The van der Waals surface area contributed by atoms with Gasteiger partial charge < -0.3 is 9.80 Å². The number of benzene rings is 1. The molecular weight excluding hydrogens is 326 g/mol. The normalized spacial score (nSPS) is 22.8. The van der Waals surface area contributed by atoms with Crippen molar-refractivity contribution in [1.82, 2.24) is 14.7 Å². The van der Waals surface area contributed by atoms with Crippen molar-refractivity contribution in [2.75, 3.05) is 39.8 Å². The van der Waals surface area contributed by atoms with Gasteiger partial charge in [-0.1, -0.05) is 23.7 Å². The molecule has 1 atom stereocenters. The molecule has 130 valence electrons. The summed E-state index contributed by atoms with van der Waals surface area (Å²) < 4.78 is 0. The largest absolute Gasteiger partial charge is 0.346 e. The Balaban J connectivity index is 1.48. The first-order valence-electron chi connectivity index (χ1n) is 8.52. The lowest BCUT2D eigenvalue weighted by molar-refractivity contribution is -0.145. The van der Waals surface area contributed by atoms with Crippen molar-refractivity contribution < 1.29 is 9.59 Å². The van der Waals surface area contributed by atoms with Crippen LogP contribution in [0.2, 0.25) is 5.02 Å². The zero-order chi connectivity index (χ0) is 17.1. The second-order valence-corrected chi connectivity index (χ2v) is 7.17. The lowest BCUT2D eigenvalue weighted by atomic mass is 9.94. The molecule has 2 saturated heterocycles. The Bertz CT molecular complexity index is 597. The molecule has 0 unspecified atom stereocenters. The van der Waals surface area contributed by atoms with Crippen molar-refractivity contribution in [3.05, 3.63) is 34.9 Å². The minimum atomic E-state index is -0.128. The summed E-state index contributed by atoms with van der Waals surface area (Å²) >= 11 is 5.92. The molecule has 0 radical (unpaired) electrons. The van der Waals surface area contributed by atoms with E-state index in [-0.39, 0.29) is 17.7 Å². The zero-order valence-corrected chi connectivity index (χ0v) is 14.8. The van der Waals surface area contributed by atoms with Gasteiger partial charge in [0.25, 0.3) is 0 Å². The Morgan fingerprint density at radius 2 is 1.79 bits per heavy atom. The maximum atomic E-state index is 12.6. The first-order valence-corrected chi connectivity index (χ1v) is 8.90. The van der Waals surface area contributed by atoms with Crippen LogP contribution in [-0.4, -0.2) is 66.3 Å². The topological polar surface area (TPSA) is 43.9 Å². The number of carbonyl (C=O) groups excluding carboxylic acids is 2. The number of hydrogen-bond donors (Lipinski definition) is 0. The highest BCUT2D eigenvalue weighted by Gasteiger charge is 2.32. The van der Waals surface area contributed by atoms with Crippen molar-refractivity contribution in [2.45, 2.75) is 19.4 Å². The number of halogens is 1. The highest BCUT2D eigenvalue weighted by molar-refractivity contribution is 6.30. The molecule has 1 aromatic carbocycles. The van der Waals surface area contributed by atoms with Gasteiger partial charge in [-0.05, 0) is 24.1 Å². The number of hydrogen-bond acceptors (Lipinski definition) is 3. The van der Waals surface area contributed by atoms with Gasteiger partial charge in [-0.3, -0.25) is 14.5 Å². The van der Waals surface area contributed by atoms with E-state index < -0.39 is 0 Å². The quantitative estimate of drug-likeness (QED) is 0.836. The van der Waals surface area contributed by atoms with Crippen LogP contribution in [0.1, 0.15) is 18.4 Å². The highest BCUT2D eigenvalue weighted by Crippen LogP contribution is 2.21. The van der Waals surface area contributed by atoms with E-state index in [1.807, 2.05) is 29.2 Å². The van der Waals surface area contributed by atoms with E-state index in [1.165, 1.54) is 5.56 Å². The van der Waals surface area contributed by atoms with Gasteiger partial charge in [0.2, 0.25) is 11.8 Å². The molecular formula is C18H24ClN3O2. The first-order chi connectivity index (χ1) is 11.5. The fourth-order valence-corrected chi connectivity index (χ4v) is 3.51. The van der Waals surface area contributed by atoms with Crippen molar-refractivity contribution >= 4 is 23.4 Å². The summed E-state index contributed by atoms with van der Waals surface area (Å²) in [6, 6.07) is 7.91. The Hall–Kier alpha value is -1.59. The molecule has 0 spiro atoms. The number of piperidine rings is 1. The van der Waals surface area contributed by atoms with Gasteiger partial charge in [0.05, 0.1) is 0 Å². The summed E-state index contributed by atoms with van der Waals surface area (Å²) in [5, 5.41) is 0.752. The predicted octanol–water partition coefficient (Wildman–Crippen LogP) is 1.85. The fraction of sp³-hybridized carbons (Fsp3) is 0.556. The van der Waals surface area contributed by atoms with Crippen LogP contribution in [0.4, 0.5) is 0 Å². The molecule has 6 heteroatoms. The molecule has 2 aliphatic rings. The first kappa shape index (κ1) is 17.2. The molecule has 2 aliphatic heterocycles. The minimum Gasteiger partial charge on any atom is -0.346 e. The fourth-order valence-electron chi connectivity index (χ4n) is 3.39. The number of likely N-dealkylation sites (tertiary alicyclic amines) is 1. The van der Waals surface area contributed by atoms with E-state index in [0.29, 0.717) is 13.0 Å². The van der Waals surface area contributed by atoms with E-state index in [2.05, 4.69) is 4.90 Å². The van der Waals surface area contributed by atoms with Gasteiger partial charge in [0, 0.05) is 63.7 Å². The number of nitrogens with zero attached hydrogens (tertiary/aromatic N) is 3. The maximum Gasteiger partial charge on any atom is 0.226 e. The van der Waals surface area contributed by atoms with Crippen molar-refractivity contribution in [3.8, 4) is 0 Å². The van der Waals surface area contributed by atoms with E-state index in [0.717, 1.165) is 44.2 Å². The second kappa shape index (κ2) is 7.53. The van der Waals surface area contributed by atoms with Gasteiger partial charge in [0.15, 0.2) is 0 Å². The molecule has 0 saturated carbocycles. The van der Waals surface area contributed by atoms with Crippen LogP contribution in [-0.2, 0) is 16.1 Å². The third-order valence-corrected chi connectivity index (χ3v) is 5.26. The molecule has 0 aliphatic carbocycles. The summed E-state index contributed by atoms with van der Waals surface area (Å²) in [5.74, 6) is 0.111. The Labute approximate surface area is 148 Å². The van der Waals surface area contributed by atoms with E-state index in [9.17, 15) is 9.59 Å². The molecule has 0 aromatic heterocycles. The molecule has 24 heavy (non-hydrogen) atoms. The number of piperazine rings is 1. The van der Waals surface area contributed by atoms with Crippen LogP contribution >= 0.6 is 11.6 Å². The molecule has 2 amide bonds. The second-order valence-electron chi connectivity index (χ2n) is 6.73. The van der Waals surface area contributed by atoms with Crippen LogP contribution in [0, 0.1) is 5.92 Å². The van der Waals surface area contributed by atoms with Crippen LogP contribution in [0.3, 0.4) is 0 Å². The molecule has 3 rings (SSSR count). The van der Waals surface area contributed by atoms with E-state index >= 15 is 0 Å². The van der Waals surface area contributed by atoms with Gasteiger partial charge in [-0.15, -0.1) is 0 Å². The van der Waals surface area contributed by atoms with Crippen molar-refractivity contribution in [1.29, 1.82) is 0 Å². The number of rotatable bonds is 3. The van der Waals surface area contributed by atoms with E-state index in [4.69, 9.17) is 11.6 Å². The van der Waals surface area contributed by atoms with Crippen molar-refractivity contribution in [2.24, 2.45) is 5.92 Å². The molecule has 2 heterocycles. The van der Waals surface area contributed by atoms with E-state index in [1.54, 1.807) is 11.9 Å².